The first-order valence-electron chi connectivity index (χ1n) is 19.9. The zero-order valence-electron chi connectivity index (χ0n) is 29.9. The Hall–Kier alpha value is -1.74. The predicted molar refractivity (Wildman–Crippen MR) is 184 cm³/mol. The minimum Gasteiger partial charge on any atom is -0.512 e. The average molecular weight is 718 g/mol. The number of hydrogen-bond donors (Lipinski definition) is 8. The van der Waals surface area contributed by atoms with E-state index in [4.69, 9.17) is 15.2 Å². The Labute approximate surface area is 300 Å². The van der Waals surface area contributed by atoms with Gasteiger partial charge >= 0.3 is 0 Å². The highest BCUT2D eigenvalue weighted by Gasteiger charge is 2.61. The summed E-state index contributed by atoms with van der Waals surface area (Å²) in [5.41, 5.74) is 4.80. The van der Waals surface area contributed by atoms with Crippen LogP contribution in [-0.2, 0) is 19.1 Å². The largest absolute Gasteiger partial charge is 0.512 e. The van der Waals surface area contributed by atoms with Crippen molar-refractivity contribution in [3.8, 4) is 0 Å². The number of piperidine rings is 1. The molecule has 4 saturated carbocycles. The molecule has 14 unspecified atom stereocenters. The van der Waals surface area contributed by atoms with Crippen LogP contribution < -0.4 is 11.1 Å². The van der Waals surface area contributed by atoms with Gasteiger partial charge in [0.25, 0.3) is 0 Å². The number of ether oxygens (including phenoxy) is 2. The second-order valence-electron chi connectivity index (χ2n) is 17.4. The maximum Gasteiger partial charge on any atom is 0.187 e. The van der Waals surface area contributed by atoms with Crippen LogP contribution in [0.1, 0.15) is 96.3 Å². The van der Waals surface area contributed by atoms with Gasteiger partial charge < -0.3 is 45.4 Å². The molecule has 7 rings (SSSR count). The summed E-state index contributed by atoms with van der Waals surface area (Å²) >= 11 is 0. The van der Waals surface area contributed by atoms with Crippen molar-refractivity contribution in [2.45, 2.75) is 139 Å². The van der Waals surface area contributed by atoms with Crippen LogP contribution in [0.3, 0.4) is 0 Å². The third-order valence-corrected chi connectivity index (χ3v) is 14.3. The fraction of sp³-hybridized carbons (Fsp3) is 0.846. The number of Topliss-reactive ketones (excluding diaryl/α,β-unsaturated/α-hetero) is 2. The fourth-order valence-corrected chi connectivity index (χ4v) is 11.8. The number of allylic oxidation sites excluding steroid dienone is 4. The van der Waals surface area contributed by atoms with E-state index in [1.807, 2.05) is 6.08 Å². The molecule has 0 spiro atoms. The van der Waals surface area contributed by atoms with Gasteiger partial charge in [0.05, 0.1) is 37.0 Å². The molecule has 5 aliphatic carbocycles. The quantitative estimate of drug-likeness (QED) is 0.169. The summed E-state index contributed by atoms with van der Waals surface area (Å²) in [6.45, 7) is 0.427. The molecule has 0 bridgehead atoms. The first kappa shape index (κ1) is 37.6. The molecule has 12 nitrogen and oxygen atoms in total. The Bertz CT molecular complexity index is 1350. The summed E-state index contributed by atoms with van der Waals surface area (Å²) in [6.07, 6.45) is 8.31. The van der Waals surface area contributed by atoms with E-state index in [9.17, 15) is 40.2 Å². The molecular weight excluding hydrogens is 656 g/mol. The van der Waals surface area contributed by atoms with Crippen molar-refractivity contribution in [3.63, 3.8) is 0 Å². The lowest BCUT2D eigenvalue weighted by Gasteiger charge is -2.53. The van der Waals surface area contributed by atoms with Crippen molar-refractivity contribution in [1.29, 1.82) is 0 Å². The monoisotopic (exact) mass is 717 g/mol. The third-order valence-electron chi connectivity index (χ3n) is 14.3. The highest BCUT2D eigenvalue weighted by atomic mass is 16.7. The molecule has 6 fully saturated rings. The second kappa shape index (κ2) is 15.2. The second-order valence-corrected chi connectivity index (χ2v) is 17.4. The lowest BCUT2D eigenvalue weighted by atomic mass is 9.59. The van der Waals surface area contributed by atoms with Gasteiger partial charge in [-0.2, -0.15) is 0 Å². The lowest BCUT2D eigenvalue weighted by molar-refractivity contribution is -0.700. The van der Waals surface area contributed by atoms with Gasteiger partial charge in [0, 0.05) is 25.4 Å². The molecule has 2 heterocycles. The standard InChI is InChI=1S/C39H60N2O10/c40-30-17-24(9-12-41-30)38(10-1-2-11-38)20-39(49)35(47)29(19-43)51-37(36(39)48)50-28-8-4-7-25-32(28)34(46)31-26(33(25)45)15-23(16-27(31)44)14-21-5-3-6-22(13-21)18-42/h15-16,21-22,24-26,28-32,35-37,41-44,47-49H,1-14,17-20,40H2/p+1. The van der Waals surface area contributed by atoms with Crippen molar-refractivity contribution >= 4 is 11.6 Å². The van der Waals surface area contributed by atoms with E-state index < -0.39 is 66.6 Å². The zero-order chi connectivity index (χ0) is 36.1. The maximum absolute atomic E-state index is 14.3. The third kappa shape index (κ3) is 7.02. The SMILES string of the molecule is NC1CC(C2(CC3(O)C(O)C(CO)OC(OC4CCCC5C(=O)C6C=C(CC7CCCC(CO)C7)C=C(O)C6C(=O)C45)C3O)CCCC2)CC[NH2+]1. The molecule has 0 aromatic heterocycles. The smallest absolute Gasteiger partial charge is 0.187 e. The maximum atomic E-state index is 14.3. The van der Waals surface area contributed by atoms with E-state index in [1.54, 1.807) is 6.08 Å². The number of nitrogens with two attached hydrogens (primary N) is 2. The average Bonchev–Trinajstić information content (AvgIpc) is 3.60. The lowest BCUT2D eigenvalue weighted by Crippen LogP contribution is -2.95. The molecule has 2 saturated heterocycles. The Balaban J connectivity index is 1.10. The molecule has 0 radical (unpaired) electrons. The van der Waals surface area contributed by atoms with Crippen molar-refractivity contribution in [3.05, 3.63) is 23.5 Å². The Morgan fingerprint density at radius 2 is 1.67 bits per heavy atom. The van der Waals surface area contributed by atoms with Crippen LogP contribution in [0.15, 0.2) is 23.5 Å². The molecule has 0 amide bonds. The van der Waals surface area contributed by atoms with Crippen LogP contribution in [0, 0.1) is 46.8 Å². The summed E-state index contributed by atoms with van der Waals surface area (Å²) in [5, 5.41) is 69.0. The van der Waals surface area contributed by atoms with Crippen molar-refractivity contribution < 1.29 is 55.0 Å². The highest BCUT2D eigenvalue weighted by molar-refractivity contribution is 6.02. The molecule has 7 aliphatic rings. The number of rotatable bonds is 9. The van der Waals surface area contributed by atoms with Crippen LogP contribution in [0.4, 0.5) is 0 Å². The molecule has 10 N–H and O–H groups in total. The van der Waals surface area contributed by atoms with Crippen LogP contribution in [0.25, 0.3) is 0 Å². The first-order valence-corrected chi connectivity index (χ1v) is 19.9. The van der Waals surface area contributed by atoms with Crippen LogP contribution in [0.2, 0.25) is 0 Å². The van der Waals surface area contributed by atoms with Gasteiger partial charge in [0.2, 0.25) is 0 Å². The van der Waals surface area contributed by atoms with Gasteiger partial charge in [-0.1, -0.05) is 38.2 Å². The van der Waals surface area contributed by atoms with E-state index in [1.165, 1.54) is 0 Å². The number of hydrogen-bond acceptors (Lipinski definition) is 11. The number of quaternary nitrogens is 1. The number of ketones is 2. The minimum atomic E-state index is -2.06. The molecular formula is C39H61N2O10+. The van der Waals surface area contributed by atoms with Gasteiger partial charge in [-0.3, -0.25) is 15.3 Å². The summed E-state index contributed by atoms with van der Waals surface area (Å²) in [5.74, 6) is -2.90. The van der Waals surface area contributed by atoms with Crippen molar-refractivity contribution in [2.24, 2.45) is 52.6 Å². The Morgan fingerprint density at radius 3 is 2.39 bits per heavy atom. The highest BCUT2D eigenvalue weighted by Crippen LogP contribution is 2.55. The van der Waals surface area contributed by atoms with E-state index >= 15 is 0 Å². The first-order chi connectivity index (χ1) is 24.5. The van der Waals surface area contributed by atoms with Crippen molar-refractivity contribution in [1.82, 2.24) is 0 Å². The number of aliphatic hydroxyl groups excluding tert-OH is 5. The summed E-state index contributed by atoms with van der Waals surface area (Å²) in [6, 6.07) is 0. The Morgan fingerprint density at radius 1 is 0.922 bits per heavy atom. The van der Waals surface area contributed by atoms with Crippen LogP contribution in [0.5, 0.6) is 0 Å². The van der Waals surface area contributed by atoms with Gasteiger partial charge in [-0.25, -0.2) is 0 Å². The molecule has 14 atom stereocenters. The summed E-state index contributed by atoms with van der Waals surface area (Å²) < 4.78 is 12.4. The summed E-state index contributed by atoms with van der Waals surface area (Å²) in [7, 11) is 0. The normalized spacial score (nSPS) is 45.8. The van der Waals surface area contributed by atoms with Gasteiger partial charge in [0.15, 0.2) is 12.1 Å². The predicted octanol–water partition coefficient (Wildman–Crippen LogP) is 1.12. The molecule has 12 heteroatoms. The number of carbonyl (C=O) groups excluding carboxylic acids is 2. The van der Waals surface area contributed by atoms with E-state index in [-0.39, 0.29) is 53.8 Å². The van der Waals surface area contributed by atoms with E-state index in [0.717, 1.165) is 76.3 Å². The van der Waals surface area contributed by atoms with Gasteiger partial charge in [-0.15, -0.1) is 0 Å². The molecule has 0 aromatic rings. The number of carbonyl (C=O) groups is 2. The number of aliphatic hydroxyl groups is 6. The van der Waals surface area contributed by atoms with E-state index in [2.05, 4.69) is 5.32 Å². The Kier molecular flexibility index (Phi) is 11.2. The van der Waals surface area contributed by atoms with Crippen LogP contribution >= 0.6 is 0 Å². The molecule has 0 aromatic carbocycles. The zero-order valence-corrected chi connectivity index (χ0v) is 29.9. The topological polar surface area (TPSA) is 217 Å². The molecule has 286 valence electrons. The minimum absolute atomic E-state index is 0.0479. The molecule has 51 heavy (non-hydrogen) atoms. The van der Waals surface area contributed by atoms with Gasteiger partial charge in [0.1, 0.15) is 41.6 Å². The summed E-state index contributed by atoms with van der Waals surface area (Å²) in [4.78, 5) is 28.4. The number of fused-ring (bicyclic) bond motifs is 2. The van der Waals surface area contributed by atoms with Crippen molar-refractivity contribution in [2.75, 3.05) is 19.8 Å². The molecule has 2 aliphatic heterocycles. The van der Waals surface area contributed by atoms with E-state index in [0.29, 0.717) is 31.6 Å². The fourth-order valence-electron chi connectivity index (χ4n) is 11.8. The van der Waals surface area contributed by atoms with Gasteiger partial charge in [-0.05, 0) is 86.2 Å². The van der Waals surface area contributed by atoms with Crippen LogP contribution in [-0.4, -0.2) is 104 Å².